The molecule has 1 unspecified atom stereocenters. The lowest BCUT2D eigenvalue weighted by Crippen LogP contribution is -2.38. The molecule has 0 aromatic heterocycles. The minimum Gasteiger partial charge on any atom is -0.271 e. The number of nitrogens with two attached hydrogens (primary N) is 1. The normalized spacial score (nSPS) is 12.4. The molecule has 0 radical (unpaired) electrons. The Kier molecular flexibility index (Phi) is 6.23. The van der Waals surface area contributed by atoms with Gasteiger partial charge in [0.15, 0.2) is 0 Å². The molecular formula is C16H18BrFN2S. The lowest BCUT2D eigenvalue weighted by molar-refractivity contribution is 0.568. The van der Waals surface area contributed by atoms with Crippen LogP contribution in [0.2, 0.25) is 0 Å². The quantitative estimate of drug-likeness (QED) is 0.458. The van der Waals surface area contributed by atoms with Crippen LogP contribution in [0, 0.1) is 12.7 Å². The van der Waals surface area contributed by atoms with Gasteiger partial charge in [-0.2, -0.15) is 0 Å². The number of halogens is 2. The molecule has 0 spiro atoms. The molecule has 1 atom stereocenters. The highest BCUT2D eigenvalue weighted by Gasteiger charge is 2.12. The molecule has 21 heavy (non-hydrogen) atoms. The number of nitrogens with one attached hydrogen (secondary N) is 1. The van der Waals surface area contributed by atoms with E-state index in [2.05, 4.69) is 46.5 Å². The summed E-state index contributed by atoms with van der Waals surface area (Å²) in [4.78, 5) is 1.22. The molecule has 3 N–H and O–H groups in total. The number of hydrogen-bond acceptors (Lipinski definition) is 3. The van der Waals surface area contributed by atoms with Crippen molar-refractivity contribution in [3.8, 4) is 0 Å². The van der Waals surface area contributed by atoms with Gasteiger partial charge < -0.3 is 0 Å². The summed E-state index contributed by atoms with van der Waals surface area (Å²) >= 11 is 5.04. The highest BCUT2D eigenvalue weighted by Crippen LogP contribution is 2.24. The van der Waals surface area contributed by atoms with E-state index < -0.39 is 0 Å². The molecule has 0 saturated carbocycles. The fourth-order valence-electron chi connectivity index (χ4n) is 2.04. The monoisotopic (exact) mass is 368 g/mol. The summed E-state index contributed by atoms with van der Waals surface area (Å²) in [6, 6.07) is 13.5. The van der Waals surface area contributed by atoms with Crippen LogP contribution in [-0.4, -0.2) is 11.8 Å². The van der Waals surface area contributed by atoms with Gasteiger partial charge in [0.05, 0.1) is 4.47 Å². The third-order valence-electron chi connectivity index (χ3n) is 3.17. The molecule has 2 nitrogen and oxygen atoms in total. The molecule has 0 aliphatic heterocycles. The largest absolute Gasteiger partial charge is 0.271 e. The maximum atomic E-state index is 13.5. The Morgan fingerprint density at radius 2 is 2.05 bits per heavy atom. The second-order valence-corrected chi connectivity index (χ2v) is 6.79. The zero-order valence-corrected chi connectivity index (χ0v) is 14.2. The number of benzene rings is 2. The predicted octanol–water partition coefficient (Wildman–Crippen LogP) is 4.06. The molecule has 2 aromatic rings. The van der Waals surface area contributed by atoms with Crippen molar-refractivity contribution in [3.05, 3.63) is 63.9 Å². The van der Waals surface area contributed by atoms with E-state index >= 15 is 0 Å². The Morgan fingerprint density at radius 3 is 2.76 bits per heavy atom. The van der Waals surface area contributed by atoms with E-state index in [1.54, 1.807) is 17.8 Å². The molecule has 0 saturated heterocycles. The van der Waals surface area contributed by atoms with E-state index in [9.17, 15) is 4.39 Å². The van der Waals surface area contributed by atoms with Crippen LogP contribution in [0.1, 0.15) is 11.1 Å². The van der Waals surface area contributed by atoms with Crippen LogP contribution >= 0.6 is 27.7 Å². The molecule has 5 heteroatoms. The van der Waals surface area contributed by atoms with Crippen LogP contribution in [0.15, 0.2) is 51.8 Å². The van der Waals surface area contributed by atoms with Gasteiger partial charge in [-0.1, -0.05) is 29.8 Å². The Balaban J connectivity index is 1.99. The third-order valence-corrected chi connectivity index (χ3v) is 5.22. The Labute approximate surface area is 137 Å². The van der Waals surface area contributed by atoms with Gasteiger partial charge in [-0.15, -0.1) is 11.8 Å². The Morgan fingerprint density at radius 1 is 1.29 bits per heavy atom. The van der Waals surface area contributed by atoms with E-state index in [-0.39, 0.29) is 11.9 Å². The highest BCUT2D eigenvalue weighted by atomic mass is 79.9. The first-order chi connectivity index (χ1) is 10.1. The molecule has 0 aliphatic carbocycles. The van der Waals surface area contributed by atoms with Crippen molar-refractivity contribution in [2.45, 2.75) is 24.3 Å². The zero-order valence-electron chi connectivity index (χ0n) is 11.8. The predicted molar refractivity (Wildman–Crippen MR) is 90.8 cm³/mol. The van der Waals surface area contributed by atoms with Crippen LogP contribution in [0.4, 0.5) is 4.39 Å². The summed E-state index contributed by atoms with van der Waals surface area (Å²) in [5, 5.41) is 0. The topological polar surface area (TPSA) is 38.0 Å². The maximum Gasteiger partial charge on any atom is 0.137 e. The van der Waals surface area contributed by atoms with Crippen LogP contribution in [-0.2, 0) is 6.42 Å². The summed E-state index contributed by atoms with van der Waals surface area (Å²) < 4.78 is 14.0. The Bertz CT molecular complexity index is 607. The van der Waals surface area contributed by atoms with Gasteiger partial charge in [0.2, 0.25) is 0 Å². The molecule has 0 heterocycles. The Hall–Kier alpha value is -0.880. The third kappa shape index (κ3) is 4.81. The van der Waals surface area contributed by atoms with Gasteiger partial charge in [0.1, 0.15) is 5.82 Å². The molecule has 2 rings (SSSR count). The first-order valence-corrected chi connectivity index (χ1v) is 8.46. The van der Waals surface area contributed by atoms with E-state index in [1.165, 1.54) is 16.5 Å². The van der Waals surface area contributed by atoms with E-state index in [0.717, 1.165) is 11.3 Å². The van der Waals surface area contributed by atoms with Crippen molar-refractivity contribution >= 4 is 27.7 Å². The molecule has 0 bridgehead atoms. The minimum atomic E-state index is -0.241. The number of aryl methyl sites for hydroxylation is 1. The molecule has 0 amide bonds. The lowest BCUT2D eigenvalue weighted by atomic mass is 10.1. The van der Waals surface area contributed by atoms with Gasteiger partial charge in [-0.25, -0.2) is 4.39 Å². The summed E-state index contributed by atoms with van der Waals surface area (Å²) in [6.45, 7) is 2.08. The average molecular weight is 369 g/mol. The fourth-order valence-corrected chi connectivity index (χ4v) is 3.52. The van der Waals surface area contributed by atoms with Crippen LogP contribution in [0.25, 0.3) is 0 Å². The molecule has 0 fully saturated rings. The van der Waals surface area contributed by atoms with Crippen LogP contribution in [0.3, 0.4) is 0 Å². The smallest absolute Gasteiger partial charge is 0.137 e. The first kappa shape index (κ1) is 16.5. The van der Waals surface area contributed by atoms with E-state index in [4.69, 9.17) is 5.84 Å². The molecular weight excluding hydrogens is 351 g/mol. The van der Waals surface area contributed by atoms with Crippen LogP contribution in [0.5, 0.6) is 0 Å². The van der Waals surface area contributed by atoms with Gasteiger partial charge in [0, 0.05) is 16.7 Å². The highest BCUT2D eigenvalue weighted by molar-refractivity contribution is 9.10. The molecule has 0 aliphatic rings. The SMILES string of the molecule is Cc1cccc(SCC(Cc2cccc(F)c2Br)NN)c1. The molecule has 2 aromatic carbocycles. The second-order valence-electron chi connectivity index (χ2n) is 4.91. The number of hydrogen-bond donors (Lipinski definition) is 2. The average Bonchev–Trinajstić information content (AvgIpc) is 2.48. The summed E-state index contributed by atoms with van der Waals surface area (Å²) in [6.07, 6.45) is 0.674. The van der Waals surface area contributed by atoms with Crippen molar-refractivity contribution in [3.63, 3.8) is 0 Å². The van der Waals surface area contributed by atoms with Crippen LogP contribution < -0.4 is 11.3 Å². The molecule has 112 valence electrons. The van der Waals surface area contributed by atoms with E-state index in [1.807, 2.05) is 12.1 Å². The second kappa shape index (κ2) is 7.94. The summed E-state index contributed by atoms with van der Waals surface area (Å²) in [7, 11) is 0. The van der Waals surface area contributed by atoms with E-state index in [0.29, 0.717) is 10.9 Å². The van der Waals surface area contributed by atoms with Crippen molar-refractivity contribution in [2.75, 3.05) is 5.75 Å². The number of hydrazine groups is 1. The number of thioether (sulfide) groups is 1. The lowest BCUT2D eigenvalue weighted by Gasteiger charge is -2.16. The standard InChI is InChI=1S/C16H18BrFN2S/c1-11-4-2-6-14(8-11)21-10-13(20-19)9-12-5-3-7-15(18)16(12)17/h2-8,13,20H,9-10,19H2,1H3. The zero-order chi connectivity index (χ0) is 15.2. The van der Waals surface area contributed by atoms with Gasteiger partial charge in [-0.3, -0.25) is 11.3 Å². The van der Waals surface area contributed by atoms with Crippen molar-refractivity contribution in [2.24, 2.45) is 5.84 Å². The van der Waals surface area contributed by atoms with Gasteiger partial charge in [-0.05, 0) is 53.0 Å². The van der Waals surface area contributed by atoms with Gasteiger partial charge >= 0.3 is 0 Å². The maximum absolute atomic E-state index is 13.5. The summed E-state index contributed by atoms with van der Waals surface area (Å²) in [5.41, 5.74) is 4.98. The minimum absolute atomic E-state index is 0.0774. The van der Waals surface area contributed by atoms with Crippen molar-refractivity contribution in [1.82, 2.24) is 5.43 Å². The van der Waals surface area contributed by atoms with Crippen molar-refractivity contribution in [1.29, 1.82) is 0 Å². The summed E-state index contributed by atoms with van der Waals surface area (Å²) in [5.74, 6) is 6.21. The van der Waals surface area contributed by atoms with Gasteiger partial charge in [0.25, 0.3) is 0 Å². The first-order valence-electron chi connectivity index (χ1n) is 6.68. The number of rotatable bonds is 6. The fraction of sp³-hybridized carbons (Fsp3) is 0.250. The van der Waals surface area contributed by atoms with Crippen molar-refractivity contribution < 1.29 is 4.39 Å².